The Morgan fingerprint density at radius 1 is 0.536 bits per heavy atom. The molecule has 2 heteroatoms. The van der Waals surface area contributed by atoms with E-state index in [2.05, 4.69) is 13.8 Å². The van der Waals surface area contributed by atoms with Gasteiger partial charge in [-0.3, -0.25) is 0 Å². The van der Waals surface area contributed by atoms with Gasteiger partial charge in [0, 0.05) is 11.1 Å². The van der Waals surface area contributed by atoms with Crippen LogP contribution < -0.4 is 0 Å². The summed E-state index contributed by atoms with van der Waals surface area (Å²) >= 11 is 0. The van der Waals surface area contributed by atoms with Crippen LogP contribution in [0.25, 0.3) is 11.7 Å². The molecule has 0 bridgehead atoms. The van der Waals surface area contributed by atoms with Gasteiger partial charge in [-0.2, -0.15) is 0 Å². The summed E-state index contributed by atoms with van der Waals surface area (Å²) in [6.07, 6.45) is 11.7. The summed E-state index contributed by atoms with van der Waals surface area (Å²) in [6.45, 7) is 4.38. The number of aryl methyl sites for hydroxylation is 2. The predicted molar refractivity (Wildman–Crippen MR) is 118 cm³/mol. The predicted octanol–water partition coefficient (Wildman–Crippen LogP) is 8.70. The second-order valence-electron chi connectivity index (χ2n) is 7.64. The van der Waals surface area contributed by atoms with Gasteiger partial charge in [-0.25, -0.2) is 8.78 Å². The molecule has 0 unspecified atom stereocenters. The highest BCUT2D eigenvalue weighted by atomic mass is 19.2. The molecule has 0 saturated heterocycles. The lowest BCUT2D eigenvalue weighted by atomic mass is 10.0. The molecular weight excluding hydrogens is 350 g/mol. The third-order valence-electron chi connectivity index (χ3n) is 5.25. The zero-order valence-electron chi connectivity index (χ0n) is 17.4. The summed E-state index contributed by atoms with van der Waals surface area (Å²) in [4.78, 5) is 0. The summed E-state index contributed by atoms with van der Waals surface area (Å²) in [5.41, 5.74) is 2.97. The van der Waals surface area contributed by atoms with Crippen molar-refractivity contribution in [3.8, 4) is 0 Å². The van der Waals surface area contributed by atoms with Gasteiger partial charge in [0.2, 0.25) is 0 Å². The standard InChI is InChI=1S/C26H34F2/c1-3-5-7-8-10-12-22-15-19-24(20-16-22)26(28)25(27)23-17-13-21(14-18-23)11-9-6-4-2/h13-20H,3-12H2,1-2H3/b26-25+. The molecule has 0 amide bonds. The van der Waals surface area contributed by atoms with Crippen LogP contribution in [-0.2, 0) is 12.8 Å². The fourth-order valence-electron chi connectivity index (χ4n) is 3.40. The Hall–Kier alpha value is -1.96. The topological polar surface area (TPSA) is 0 Å². The molecule has 0 fully saturated rings. The molecule has 0 aliphatic carbocycles. The Morgan fingerprint density at radius 2 is 0.893 bits per heavy atom. The highest BCUT2D eigenvalue weighted by Crippen LogP contribution is 2.29. The number of hydrogen-bond acceptors (Lipinski definition) is 0. The van der Waals surface area contributed by atoms with E-state index < -0.39 is 11.7 Å². The van der Waals surface area contributed by atoms with Crippen molar-refractivity contribution >= 4 is 11.7 Å². The summed E-state index contributed by atoms with van der Waals surface area (Å²) in [5, 5.41) is 0. The third kappa shape index (κ3) is 7.22. The van der Waals surface area contributed by atoms with Gasteiger partial charge in [0.05, 0.1) is 0 Å². The second-order valence-corrected chi connectivity index (χ2v) is 7.64. The monoisotopic (exact) mass is 384 g/mol. The van der Waals surface area contributed by atoms with Crippen molar-refractivity contribution in [1.82, 2.24) is 0 Å². The highest BCUT2D eigenvalue weighted by Gasteiger charge is 2.11. The number of unbranched alkanes of at least 4 members (excludes halogenated alkanes) is 6. The summed E-state index contributed by atoms with van der Waals surface area (Å²) in [7, 11) is 0. The molecule has 0 N–H and O–H groups in total. The fourth-order valence-corrected chi connectivity index (χ4v) is 3.40. The van der Waals surface area contributed by atoms with Crippen LogP contribution in [-0.4, -0.2) is 0 Å². The summed E-state index contributed by atoms with van der Waals surface area (Å²) in [6, 6.07) is 14.4. The van der Waals surface area contributed by atoms with Crippen molar-refractivity contribution in [2.45, 2.75) is 78.1 Å². The van der Waals surface area contributed by atoms with Crippen molar-refractivity contribution in [2.75, 3.05) is 0 Å². The van der Waals surface area contributed by atoms with E-state index >= 15 is 0 Å². The normalized spacial score (nSPS) is 12.1. The zero-order chi connectivity index (χ0) is 20.2. The first kappa shape index (κ1) is 22.3. The van der Waals surface area contributed by atoms with E-state index in [-0.39, 0.29) is 0 Å². The van der Waals surface area contributed by atoms with Crippen LogP contribution in [0.2, 0.25) is 0 Å². The van der Waals surface area contributed by atoms with Crippen molar-refractivity contribution in [3.05, 3.63) is 70.8 Å². The quantitative estimate of drug-likeness (QED) is 0.253. The van der Waals surface area contributed by atoms with Gasteiger partial charge in [-0.15, -0.1) is 0 Å². The van der Waals surface area contributed by atoms with E-state index in [1.807, 2.05) is 24.3 Å². The first-order valence-electron chi connectivity index (χ1n) is 10.9. The van der Waals surface area contributed by atoms with Crippen LogP contribution in [0.4, 0.5) is 8.78 Å². The fraction of sp³-hybridized carbons (Fsp3) is 0.462. The minimum Gasteiger partial charge on any atom is -0.203 e. The molecule has 0 heterocycles. The molecule has 2 aromatic rings. The van der Waals surface area contributed by atoms with E-state index in [4.69, 9.17) is 0 Å². The molecule has 0 nitrogen and oxygen atoms in total. The lowest BCUT2D eigenvalue weighted by Crippen LogP contribution is -1.90. The number of rotatable bonds is 12. The molecule has 152 valence electrons. The molecular formula is C26H34F2. The molecule has 0 aromatic heterocycles. The lowest BCUT2D eigenvalue weighted by Gasteiger charge is -2.06. The Morgan fingerprint density at radius 3 is 1.32 bits per heavy atom. The SMILES string of the molecule is CCCCCCCc1ccc(/C(F)=C(\F)c2ccc(CCCCC)cc2)cc1. The van der Waals surface area contributed by atoms with E-state index in [0.717, 1.165) is 25.7 Å². The molecule has 0 radical (unpaired) electrons. The largest absolute Gasteiger partial charge is 0.203 e. The summed E-state index contributed by atoms with van der Waals surface area (Å²) < 4.78 is 29.2. The minimum atomic E-state index is -0.785. The number of hydrogen-bond donors (Lipinski definition) is 0. The van der Waals surface area contributed by atoms with E-state index in [1.165, 1.54) is 49.7 Å². The Kier molecular flexibility index (Phi) is 9.96. The molecule has 0 atom stereocenters. The zero-order valence-corrected chi connectivity index (χ0v) is 17.4. The highest BCUT2D eigenvalue weighted by molar-refractivity contribution is 5.83. The smallest absolute Gasteiger partial charge is 0.166 e. The molecule has 2 rings (SSSR count). The van der Waals surface area contributed by atoms with Gasteiger partial charge in [0.25, 0.3) is 0 Å². The lowest BCUT2D eigenvalue weighted by molar-refractivity contribution is 0.632. The second kappa shape index (κ2) is 12.5. The first-order chi connectivity index (χ1) is 13.7. The maximum Gasteiger partial charge on any atom is 0.166 e. The van der Waals surface area contributed by atoms with Gasteiger partial charge in [0.15, 0.2) is 11.7 Å². The van der Waals surface area contributed by atoms with Gasteiger partial charge < -0.3 is 0 Å². The Labute approximate surface area is 169 Å². The third-order valence-corrected chi connectivity index (χ3v) is 5.25. The average Bonchev–Trinajstić information content (AvgIpc) is 2.74. The van der Waals surface area contributed by atoms with Gasteiger partial charge in [0.1, 0.15) is 0 Å². The van der Waals surface area contributed by atoms with Crippen molar-refractivity contribution < 1.29 is 8.78 Å². The van der Waals surface area contributed by atoms with Crippen molar-refractivity contribution in [2.24, 2.45) is 0 Å². The van der Waals surface area contributed by atoms with Crippen LogP contribution in [0.3, 0.4) is 0 Å². The van der Waals surface area contributed by atoms with E-state index in [9.17, 15) is 8.78 Å². The molecule has 28 heavy (non-hydrogen) atoms. The maximum atomic E-state index is 14.6. The maximum absolute atomic E-state index is 14.6. The molecule has 0 aliphatic heterocycles. The van der Waals surface area contributed by atoms with Crippen LogP contribution in [0.1, 0.15) is 87.5 Å². The number of benzene rings is 2. The van der Waals surface area contributed by atoms with Crippen LogP contribution in [0, 0.1) is 0 Å². The van der Waals surface area contributed by atoms with Crippen LogP contribution >= 0.6 is 0 Å². The molecule has 0 saturated carbocycles. The first-order valence-corrected chi connectivity index (χ1v) is 10.9. The van der Waals surface area contributed by atoms with E-state index in [1.54, 1.807) is 24.3 Å². The molecule has 2 aromatic carbocycles. The van der Waals surface area contributed by atoms with Gasteiger partial charge >= 0.3 is 0 Å². The van der Waals surface area contributed by atoms with Crippen molar-refractivity contribution in [1.29, 1.82) is 0 Å². The van der Waals surface area contributed by atoms with Gasteiger partial charge in [-0.05, 0) is 36.8 Å². The molecule has 0 spiro atoms. The average molecular weight is 385 g/mol. The Bertz CT molecular complexity index is 711. The summed E-state index contributed by atoms with van der Waals surface area (Å²) in [5.74, 6) is -1.57. The van der Waals surface area contributed by atoms with Crippen LogP contribution in [0.15, 0.2) is 48.5 Å². The molecule has 0 aliphatic rings. The van der Waals surface area contributed by atoms with E-state index in [0.29, 0.717) is 11.1 Å². The minimum absolute atomic E-state index is 0.303. The van der Waals surface area contributed by atoms with Crippen LogP contribution in [0.5, 0.6) is 0 Å². The van der Waals surface area contributed by atoms with Gasteiger partial charge in [-0.1, -0.05) is 101 Å². The number of halogens is 2. The Balaban J connectivity index is 1.96. The van der Waals surface area contributed by atoms with Crippen molar-refractivity contribution in [3.63, 3.8) is 0 Å².